The molecule has 2 heterocycles. The molecule has 0 saturated heterocycles. The van der Waals surface area contributed by atoms with Crippen molar-refractivity contribution in [2.75, 3.05) is 0 Å². The van der Waals surface area contributed by atoms with E-state index in [2.05, 4.69) is 227 Å². The Bertz CT molecular complexity index is 3780. The van der Waals surface area contributed by atoms with E-state index < -0.39 is 0 Å². The first kappa shape index (κ1) is 113. The molecule has 0 amide bonds. The van der Waals surface area contributed by atoms with E-state index in [-0.39, 0.29) is 0 Å². The van der Waals surface area contributed by atoms with Gasteiger partial charge >= 0.3 is 266 Å². The van der Waals surface area contributed by atoms with E-state index in [9.17, 15) is 11.1 Å². The maximum atomic E-state index is 12.1. The molecule has 8 rings (SSSR count). The molecular formula is C122H190N4NiPd. The number of hydrogen-bond donors (Lipinski definition) is 0. The summed E-state index contributed by atoms with van der Waals surface area (Å²) in [6.45, 7) is 22.4. The molecule has 128 heavy (non-hydrogen) atoms. The second-order valence-electron chi connectivity index (χ2n) is 37.8. The van der Waals surface area contributed by atoms with Gasteiger partial charge in [0, 0.05) is 40.0 Å². The summed E-state index contributed by atoms with van der Waals surface area (Å²) in [7, 11) is 0. The molecule has 0 spiro atoms. The summed E-state index contributed by atoms with van der Waals surface area (Å²) >= 11 is 2.67. The van der Waals surface area contributed by atoms with Gasteiger partial charge in [-0.15, -0.1) is 0 Å². The summed E-state index contributed by atoms with van der Waals surface area (Å²) in [5, 5.41) is 0. The molecule has 0 bridgehead atoms. The second-order valence-corrected chi connectivity index (χ2v) is 41.5. The number of rotatable bonds is 73. The Morgan fingerprint density at radius 2 is 0.531 bits per heavy atom. The Morgan fingerprint density at radius 1 is 0.266 bits per heavy atom. The monoisotopic (exact) mass is 1880 g/mol. The van der Waals surface area contributed by atoms with E-state index in [0.717, 1.165) is 114 Å². The summed E-state index contributed by atoms with van der Waals surface area (Å²) in [5.41, 5.74) is 41.6. The predicted molar refractivity (Wildman–Crippen MR) is 560 cm³/mol. The summed E-state index contributed by atoms with van der Waals surface area (Å²) in [4.78, 5) is 3.09. The van der Waals surface area contributed by atoms with E-state index in [1.54, 1.807) is 28.9 Å². The normalized spacial score (nSPS) is 12.6. The van der Waals surface area contributed by atoms with Gasteiger partial charge < -0.3 is 11.1 Å². The average Bonchev–Trinajstić information content (AvgIpc) is 1.60. The minimum absolute atomic E-state index is 0.855. The first-order valence-corrected chi connectivity index (χ1v) is 57.3. The molecule has 6 heteroatoms. The van der Waals surface area contributed by atoms with Crippen LogP contribution in [0, 0.1) is 13.8 Å². The van der Waals surface area contributed by atoms with E-state index >= 15 is 0 Å². The van der Waals surface area contributed by atoms with Crippen molar-refractivity contribution in [2.24, 2.45) is 0 Å². The Hall–Kier alpha value is -5.62. The summed E-state index contributed by atoms with van der Waals surface area (Å²) in [6, 6.07) is 52.4. The van der Waals surface area contributed by atoms with Crippen molar-refractivity contribution in [3.63, 3.8) is 0 Å². The second kappa shape index (κ2) is 77.8. The van der Waals surface area contributed by atoms with E-state index in [1.165, 1.54) is 418 Å². The fourth-order valence-electron chi connectivity index (χ4n) is 17.7. The van der Waals surface area contributed by atoms with Crippen molar-refractivity contribution in [1.82, 2.24) is 0 Å². The molecule has 2 aliphatic rings. The molecule has 4 nitrogen and oxygen atoms in total. The van der Waals surface area contributed by atoms with Gasteiger partial charge in [-0.1, -0.05) is 309 Å². The van der Waals surface area contributed by atoms with Gasteiger partial charge in [-0.3, -0.25) is 0 Å². The van der Waals surface area contributed by atoms with Crippen LogP contribution in [0.4, 0.5) is 0 Å². The molecule has 2 aliphatic heterocycles. The molecule has 0 radical (unpaired) electrons. The molecule has 0 atom stereocenters. The number of nitrogens with zero attached hydrogens (tertiary/aromatic N) is 4. The van der Waals surface area contributed by atoms with Crippen molar-refractivity contribution in [2.45, 2.75) is 490 Å². The number of hydrogen-bond acceptors (Lipinski definition) is 0. The van der Waals surface area contributed by atoms with Gasteiger partial charge in [0.15, 0.2) is 0 Å². The Balaban J connectivity index is 0.000000327. The fourth-order valence-corrected chi connectivity index (χ4v) is 20.6. The van der Waals surface area contributed by atoms with Gasteiger partial charge in [0.1, 0.15) is 0 Å². The predicted octanol–water partition coefficient (Wildman–Crippen LogP) is 39.5. The number of unbranched alkanes of at least 4 members (excludes halogenated alkanes) is 51. The van der Waals surface area contributed by atoms with Crippen molar-refractivity contribution < 1.29 is 41.8 Å². The minimum atomic E-state index is 0.855. The first-order valence-electron chi connectivity index (χ1n) is 54.1. The molecule has 0 unspecified atom stereocenters. The Kier molecular flexibility index (Phi) is 68.6. The van der Waals surface area contributed by atoms with Crippen LogP contribution in [0.1, 0.15) is 496 Å². The third kappa shape index (κ3) is 52.1. The number of benzene rings is 6. The SMILES string of the molecule is CCCCCCCCCCCCCCCCCCCCC=CC1=C(c2cccc(CCCC)c2)[N+](=[N-])C(c2cccc(CCCC)c2)=C1CCCC.CCCCCCCCCCCCCC[CH2][Pd][CH2]CCCCCCCCCCCCCC.CCCCCCc1cccc(C2=CC=C(c3cccc(CCCCCC)c3)[N+]2=[N-])c1.Cc1cc[c]([Ni][c]2ccc(C)cc2)cc1. The van der Waals surface area contributed by atoms with Crippen LogP contribution in [0.3, 0.4) is 0 Å². The number of aryl methyl sites for hydroxylation is 6. The van der Waals surface area contributed by atoms with Crippen LogP contribution >= 0.6 is 0 Å². The van der Waals surface area contributed by atoms with Crippen LogP contribution in [0.5, 0.6) is 0 Å². The third-order valence-corrected chi connectivity index (χ3v) is 29.3. The maximum absolute atomic E-state index is 12.1. The van der Waals surface area contributed by atoms with Crippen molar-refractivity contribution in [1.29, 1.82) is 0 Å². The summed E-state index contributed by atoms with van der Waals surface area (Å²) in [5.74, 6) is 0. The molecule has 0 fully saturated rings. The van der Waals surface area contributed by atoms with Gasteiger partial charge in [0.2, 0.25) is 22.8 Å². The topological polar surface area (TPSA) is 50.6 Å². The van der Waals surface area contributed by atoms with E-state index in [0.29, 0.717) is 0 Å². The zero-order valence-corrected chi connectivity index (χ0v) is 86.8. The van der Waals surface area contributed by atoms with Crippen LogP contribution in [0.2, 0.25) is 9.79 Å². The van der Waals surface area contributed by atoms with Crippen molar-refractivity contribution in [3.8, 4) is 0 Å². The van der Waals surface area contributed by atoms with Crippen LogP contribution in [-0.2, 0) is 58.1 Å². The molecule has 0 aromatic heterocycles. The van der Waals surface area contributed by atoms with Crippen molar-refractivity contribution in [3.05, 3.63) is 248 Å². The first-order chi connectivity index (χ1) is 63.0. The molecule has 718 valence electrons. The molecule has 6 aromatic carbocycles. The zero-order chi connectivity index (χ0) is 91.4. The molecule has 0 saturated carbocycles. The van der Waals surface area contributed by atoms with E-state index in [1.807, 2.05) is 12.2 Å². The van der Waals surface area contributed by atoms with Crippen LogP contribution < -0.4 is 9.07 Å². The van der Waals surface area contributed by atoms with Gasteiger partial charge in [-0.05, 0) is 148 Å². The van der Waals surface area contributed by atoms with E-state index in [4.69, 9.17) is 0 Å². The zero-order valence-electron chi connectivity index (χ0n) is 84.3. The standard InChI is InChI=1S/C50H78N2.C28H36N2.2C15H31.2C7H7.Ni.Pd/c1-5-9-13-14-15-16-17-18-19-20-21-22-23-24-25-26-27-28-29-30-40-48-47(39-12-8-4)49(45-37-31-35-43(41-45)33-10-6-2)52(51)50(48)46-38-32-36-44(42-46)34-11-7-3;1-3-5-7-9-13-23-15-11-17-25(21-23)27-19-20-28(30(27)29)26-18-12-16-24(22-26)14-10-8-6-4-2;2*1-3-5-7-9-11-13-15-14-12-10-8-6-4-2;2*1-7-5-3-2-4-6-7;;/h30-32,35-38,40-42H,5-29,33-34,39H2,1-4H3;11-12,15-22H,3-10,13-14H2,1-2H3;2*1,3-15H2,2H3;2*3-6H,1H3;;. The van der Waals surface area contributed by atoms with Gasteiger partial charge in [0.25, 0.3) is 0 Å². The van der Waals surface area contributed by atoms with Crippen LogP contribution in [0.15, 0.2) is 181 Å². The molecule has 6 aromatic rings. The number of allylic oxidation sites excluding steroid dienone is 6. The molecular weight excluding hydrogens is 1690 g/mol. The average molecular weight is 1880 g/mol. The Morgan fingerprint density at radius 3 is 0.859 bits per heavy atom. The van der Waals surface area contributed by atoms with Gasteiger partial charge in [0.05, 0.1) is 5.57 Å². The van der Waals surface area contributed by atoms with Gasteiger partial charge in [-0.2, -0.15) is 0 Å². The molecule has 0 N–H and O–H groups in total. The quantitative estimate of drug-likeness (QED) is 0.0208. The van der Waals surface area contributed by atoms with Gasteiger partial charge in [-0.25, -0.2) is 9.39 Å². The van der Waals surface area contributed by atoms with Crippen LogP contribution in [0.25, 0.3) is 33.9 Å². The van der Waals surface area contributed by atoms with Crippen molar-refractivity contribution >= 4 is 31.9 Å². The Labute approximate surface area is 805 Å². The third-order valence-electron chi connectivity index (χ3n) is 25.9. The fraction of sp³-hybridized carbons (Fsp3) is 0.623. The van der Waals surface area contributed by atoms with Crippen LogP contribution in [-0.4, -0.2) is 9.39 Å². The summed E-state index contributed by atoms with van der Waals surface area (Å²) < 4.78 is 5.53. The summed E-state index contributed by atoms with van der Waals surface area (Å²) in [6.07, 6.45) is 96.3. The molecule has 0 aliphatic carbocycles.